The van der Waals surface area contributed by atoms with Gasteiger partial charge in [0, 0.05) is 24.0 Å². The normalized spacial score (nSPS) is 12.8. The summed E-state index contributed by atoms with van der Waals surface area (Å²) in [6, 6.07) is 6.66. The van der Waals surface area contributed by atoms with E-state index in [4.69, 9.17) is 14.2 Å². The zero-order valence-electron chi connectivity index (χ0n) is 17.6. The molecule has 0 radical (unpaired) electrons. The van der Waals surface area contributed by atoms with E-state index in [0.717, 1.165) is 5.56 Å². The number of nitrogens with zero attached hydrogens (tertiary/aromatic N) is 4. The summed E-state index contributed by atoms with van der Waals surface area (Å²) in [7, 11) is 3.03. The van der Waals surface area contributed by atoms with E-state index in [1.807, 2.05) is 13.0 Å². The van der Waals surface area contributed by atoms with Crippen LogP contribution in [-0.2, 0) is 6.54 Å². The van der Waals surface area contributed by atoms with Crippen LogP contribution in [0.5, 0.6) is 17.5 Å². The van der Waals surface area contributed by atoms with Gasteiger partial charge in [-0.05, 0) is 30.7 Å². The number of anilines is 1. The Hall–Kier alpha value is -3.82. The Morgan fingerprint density at radius 1 is 1.16 bits per heavy atom. The summed E-state index contributed by atoms with van der Waals surface area (Å²) in [6.07, 6.45) is 0.418. The summed E-state index contributed by atoms with van der Waals surface area (Å²) >= 11 is 0. The van der Waals surface area contributed by atoms with Crippen LogP contribution in [0.1, 0.15) is 21.6 Å². The standard InChI is InChI=1S/C22H20F2N4O4/c1-12-6-15(13-7-17(30-2)21(31-3)26-9-13)27-16-10-28(22(29)20(12)16)14-4-5-25-19(8-14)32-11-18(23)24/h4-9,18H,10-11H2,1-3H3. The van der Waals surface area contributed by atoms with Gasteiger partial charge in [0.15, 0.2) is 12.4 Å². The zero-order valence-corrected chi connectivity index (χ0v) is 17.6. The molecule has 4 heterocycles. The molecule has 8 nitrogen and oxygen atoms in total. The van der Waals surface area contributed by atoms with E-state index in [1.165, 1.54) is 31.4 Å². The summed E-state index contributed by atoms with van der Waals surface area (Å²) in [5, 5.41) is 0. The third-order valence-electron chi connectivity index (χ3n) is 4.97. The average Bonchev–Trinajstić information content (AvgIpc) is 3.14. The number of alkyl halides is 2. The van der Waals surface area contributed by atoms with Gasteiger partial charge in [0.2, 0.25) is 5.88 Å². The molecule has 0 saturated carbocycles. The number of ether oxygens (including phenoxy) is 3. The third kappa shape index (κ3) is 4.03. The maximum atomic E-state index is 13.1. The third-order valence-corrected chi connectivity index (χ3v) is 4.97. The van der Waals surface area contributed by atoms with Crippen molar-refractivity contribution in [2.45, 2.75) is 19.9 Å². The van der Waals surface area contributed by atoms with Crippen molar-refractivity contribution in [1.82, 2.24) is 15.0 Å². The predicted molar refractivity (Wildman–Crippen MR) is 112 cm³/mol. The SMILES string of the molecule is COc1cc(-c2cc(C)c3c(n2)CN(c2ccnc(OCC(F)F)c2)C3=O)cnc1OC. The molecule has 0 spiro atoms. The second-order valence-corrected chi connectivity index (χ2v) is 7.03. The average molecular weight is 442 g/mol. The largest absolute Gasteiger partial charge is 0.491 e. The lowest BCUT2D eigenvalue weighted by molar-refractivity contribution is 0.0795. The number of aromatic nitrogens is 3. The van der Waals surface area contributed by atoms with Gasteiger partial charge in [-0.3, -0.25) is 9.78 Å². The summed E-state index contributed by atoms with van der Waals surface area (Å²) in [5.41, 5.74) is 3.71. The maximum Gasteiger partial charge on any atom is 0.272 e. The Morgan fingerprint density at radius 3 is 2.69 bits per heavy atom. The number of carbonyl (C=O) groups is 1. The fraction of sp³-hybridized carbons (Fsp3) is 0.273. The molecule has 1 aliphatic heterocycles. The molecule has 166 valence electrons. The molecule has 0 fully saturated rings. The molecule has 0 aromatic carbocycles. The van der Waals surface area contributed by atoms with Crippen LogP contribution in [0.25, 0.3) is 11.3 Å². The number of methoxy groups -OCH3 is 2. The van der Waals surface area contributed by atoms with Gasteiger partial charge in [0.1, 0.15) is 0 Å². The highest BCUT2D eigenvalue weighted by Crippen LogP contribution is 2.34. The number of aryl methyl sites for hydroxylation is 1. The summed E-state index contributed by atoms with van der Waals surface area (Å²) in [4.78, 5) is 27.4. The fourth-order valence-electron chi connectivity index (χ4n) is 3.52. The van der Waals surface area contributed by atoms with E-state index in [9.17, 15) is 13.6 Å². The number of fused-ring (bicyclic) bond motifs is 1. The molecule has 4 rings (SSSR count). The Kier molecular flexibility index (Phi) is 5.85. The van der Waals surface area contributed by atoms with Crippen molar-refractivity contribution in [1.29, 1.82) is 0 Å². The molecule has 32 heavy (non-hydrogen) atoms. The van der Waals surface area contributed by atoms with E-state index in [0.29, 0.717) is 39.8 Å². The Bertz CT molecular complexity index is 1170. The van der Waals surface area contributed by atoms with Gasteiger partial charge in [-0.15, -0.1) is 0 Å². The van der Waals surface area contributed by atoms with Crippen molar-refractivity contribution in [3.8, 4) is 28.8 Å². The lowest BCUT2D eigenvalue weighted by Gasteiger charge is -2.16. The number of hydrogen-bond donors (Lipinski definition) is 0. The molecule has 1 aliphatic rings. The van der Waals surface area contributed by atoms with Crippen LogP contribution in [0, 0.1) is 6.92 Å². The second kappa shape index (κ2) is 8.74. The fourth-order valence-corrected chi connectivity index (χ4v) is 3.52. The van der Waals surface area contributed by atoms with Gasteiger partial charge in [0.05, 0.1) is 43.4 Å². The van der Waals surface area contributed by atoms with Gasteiger partial charge in [-0.25, -0.2) is 18.7 Å². The van der Waals surface area contributed by atoms with Crippen molar-refractivity contribution >= 4 is 11.6 Å². The first-order valence-corrected chi connectivity index (χ1v) is 9.69. The number of amides is 1. The molecule has 3 aromatic heterocycles. The van der Waals surface area contributed by atoms with Crippen LogP contribution < -0.4 is 19.1 Å². The summed E-state index contributed by atoms with van der Waals surface area (Å²) < 4.78 is 40.3. The summed E-state index contributed by atoms with van der Waals surface area (Å²) in [6.45, 7) is 1.29. The Balaban J connectivity index is 1.65. The topological polar surface area (TPSA) is 86.7 Å². The molecule has 3 aromatic rings. The maximum absolute atomic E-state index is 13.1. The number of hydrogen-bond acceptors (Lipinski definition) is 7. The van der Waals surface area contributed by atoms with Crippen LogP contribution >= 0.6 is 0 Å². The minimum absolute atomic E-state index is 0.0216. The molecule has 0 aliphatic carbocycles. The molecule has 0 unspecified atom stereocenters. The van der Waals surface area contributed by atoms with Crippen molar-refractivity contribution in [2.24, 2.45) is 0 Å². The highest BCUT2D eigenvalue weighted by Gasteiger charge is 2.32. The van der Waals surface area contributed by atoms with Crippen LogP contribution in [0.2, 0.25) is 0 Å². The van der Waals surface area contributed by atoms with Gasteiger partial charge >= 0.3 is 0 Å². The van der Waals surface area contributed by atoms with E-state index in [-0.39, 0.29) is 18.3 Å². The van der Waals surface area contributed by atoms with Crippen molar-refractivity contribution in [3.05, 3.63) is 53.5 Å². The number of halogens is 2. The molecule has 1 amide bonds. The first-order valence-electron chi connectivity index (χ1n) is 9.69. The molecule has 0 saturated heterocycles. The van der Waals surface area contributed by atoms with Gasteiger partial charge in [-0.1, -0.05) is 0 Å². The van der Waals surface area contributed by atoms with Crippen molar-refractivity contribution in [3.63, 3.8) is 0 Å². The molecule has 0 bridgehead atoms. The van der Waals surface area contributed by atoms with Crippen molar-refractivity contribution < 1.29 is 27.8 Å². The predicted octanol–water partition coefficient (Wildman–Crippen LogP) is 3.67. The smallest absolute Gasteiger partial charge is 0.272 e. The minimum atomic E-state index is -2.62. The number of pyridine rings is 3. The Morgan fingerprint density at radius 2 is 1.97 bits per heavy atom. The molecule has 0 atom stereocenters. The minimum Gasteiger partial charge on any atom is -0.491 e. The Labute approximate surface area is 182 Å². The molecule has 10 heteroatoms. The van der Waals surface area contributed by atoms with E-state index in [1.54, 1.807) is 18.3 Å². The van der Waals surface area contributed by atoms with Crippen LogP contribution in [0.4, 0.5) is 14.5 Å². The monoisotopic (exact) mass is 442 g/mol. The van der Waals surface area contributed by atoms with Crippen LogP contribution in [0.3, 0.4) is 0 Å². The van der Waals surface area contributed by atoms with Gasteiger partial charge in [-0.2, -0.15) is 0 Å². The van der Waals surface area contributed by atoms with E-state index in [2.05, 4.69) is 15.0 Å². The van der Waals surface area contributed by atoms with E-state index >= 15 is 0 Å². The quantitative estimate of drug-likeness (QED) is 0.552. The molecular formula is C22H20F2N4O4. The first kappa shape index (κ1) is 21.4. The zero-order chi connectivity index (χ0) is 22.8. The highest BCUT2D eigenvalue weighted by atomic mass is 19.3. The van der Waals surface area contributed by atoms with Crippen LogP contribution in [-0.4, -0.2) is 48.1 Å². The molecule has 0 N–H and O–H groups in total. The van der Waals surface area contributed by atoms with Gasteiger partial charge < -0.3 is 19.1 Å². The van der Waals surface area contributed by atoms with Crippen molar-refractivity contribution in [2.75, 3.05) is 25.7 Å². The molecular weight excluding hydrogens is 422 g/mol. The number of rotatable bonds is 7. The summed E-state index contributed by atoms with van der Waals surface area (Å²) in [5.74, 6) is 0.620. The van der Waals surface area contributed by atoms with Gasteiger partial charge in [0.25, 0.3) is 18.2 Å². The second-order valence-electron chi connectivity index (χ2n) is 7.03. The first-order chi connectivity index (χ1) is 15.4. The highest BCUT2D eigenvalue weighted by molar-refractivity contribution is 6.10. The lowest BCUT2D eigenvalue weighted by atomic mass is 10.0. The van der Waals surface area contributed by atoms with E-state index < -0.39 is 13.0 Å². The van der Waals surface area contributed by atoms with Crippen LogP contribution in [0.15, 0.2) is 36.7 Å². The number of carbonyl (C=O) groups excluding carboxylic acids is 1. The lowest BCUT2D eigenvalue weighted by Crippen LogP contribution is -2.23.